The normalized spacial score (nSPS) is 12.5. The lowest BCUT2D eigenvalue weighted by atomic mass is 9.94. The first kappa shape index (κ1) is 21.9. The van der Waals surface area contributed by atoms with E-state index < -0.39 is 17.9 Å². The molecule has 0 aliphatic carbocycles. The van der Waals surface area contributed by atoms with Gasteiger partial charge in [0.15, 0.2) is 0 Å². The molecule has 0 saturated carbocycles. The van der Waals surface area contributed by atoms with Crippen LogP contribution in [0.5, 0.6) is 0 Å². The van der Waals surface area contributed by atoms with Crippen LogP contribution >= 0.6 is 0 Å². The van der Waals surface area contributed by atoms with Crippen LogP contribution in [0.15, 0.2) is 36.9 Å². The summed E-state index contributed by atoms with van der Waals surface area (Å²) in [4.78, 5) is 35.4. The predicted molar refractivity (Wildman–Crippen MR) is 103 cm³/mol. The van der Waals surface area contributed by atoms with Gasteiger partial charge in [-0.2, -0.15) is 0 Å². The zero-order chi connectivity index (χ0) is 20.4. The first-order valence-electron chi connectivity index (χ1n) is 8.65. The number of carbonyl (C=O) groups excluding carboxylic acids is 2. The minimum absolute atomic E-state index is 0.0367. The molecule has 146 valence electrons. The van der Waals surface area contributed by atoms with Gasteiger partial charge in [-0.3, -0.25) is 19.8 Å². The van der Waals surface area contributed by atoms with E-state index >= 15 is 0 Å². The number of amides is 2. The maximum Gasteiger partial charge on any atom is 0.308 e. The first-order valence-corrected chi connectivity index (χ1v) is 8.65. The van der Waals surface area contributed by atoms with Gasteiger partial charge in [-0.1, -0.05) is 13.0 Å². The van der Waals surface area contributed by atoms with Crippen molar-refractivity contribution in [2.24, 2.45) is 11.7 Å². The van der Waals surface area contributed by atoms with E-state index in [-0.39, 0.29) is 30.5 Å². The van der Waals surface area contributed by atoms with Crippen molar-refractivity contribution in [1.29, 1.82) is 5.41 Å². The van der Waals surface area contributed by atoms with Gasteiger partial charge in [-0.25, -0.2) is 0 Å². The van der Waals surface area contributed by atoms with Crippen molar-refractivity contribution < 1.29 is 19.5 Å². The van der Waals surface area contributed by atoms with Gasteiger partial charge < -0.3 is 21.5 Å². The van der Waals surface area contributed by atoms with Crippen molar-refractivity contribution in [3.63, 3.8) is 0 Å². The van der Waals surface area contributed by atoms with Crippen molar-refractivity contribution in [2.45, 2.75) is 38.6 Å². The molecule has 2 atom stereocenters. The molecule has 6 N–H and O–H groups in total. The number of benzene rings is 1. The highest BCUT2D eigenvalue weighted by molar-refractivity contribution is 5.96. The SMILES string of the molecule is C=CCC(NC(=O)CCC(=O)Nc1ccc(C(=N)N)cc1)C(CC)C(=O)O. The Hall–Kier alpha value is -3.16. The molecule has 0 bridgehead atoms. The zero-order valence-corrected chi connectivity index (χ0v) is 15.3. The van der Waals surface area contributed by atoms with Crippen LogP contribution < -0.4 is 16.4 Å². The van der Waals surface area contributed by atoms with Gasteiger partial charge in [0.2, 0.25) is 11.8 Å². The number of hydrogen-bond acceptors (Lipinski definition) is 4. The number of carboxylic acid groups (broad SMARTS) is 1. The number of aliphatic carboxylic acids is 1. The smallest absolute Gasteiger partial charge is 0.308 e. The van der Waals surface area contributed by atoms with Crippen LogP contribution in [0.4, 0.5) is 5.69 Å². The summed E-state index contributed by atoms with van der Waals surface area (Å²) in [6, 6.07) is 5.91. The molecule has 2 unspecified atom stereocenters. The molecule has 8 heteroatoms. The maximum absolute atomic E-state index is 12.1. The minimum atomic E-state index is -0.976. The zero-order valence-electron chi connectivity index (χ0n) is 15.3. The number of carbonyl (C=O) groups is 3. The molecule has 0 aromatic heterocycles. The second kappa shape index (κ2) is 10.7. The van der Waals surface area contributed by atoms with E-state index in [1.165, 1.54) is 0 Å². The predicted octanol–water partition coefficient (Wildman–Crippen LogP) is 1.86. The maximum atomic E-state index is 12.1. The van der Waals surface area contributed by atoms with Crippen molar-refractivity contribution in [1.82, 2.24) is 5.32 Å². The molecular formula is C19H26N4O4. The highest BCUT2D eigenvalue weighted by Gasteiger charge is 2.26. The fraction of sp³-hybridized carbons (Fsp3) is 0.368. The number of amidine groups is 1. The average Bonchev–Trinajstić information content (AvgIpc) is 2.61. The standard InChI is InChI=1S/C19H26N4O4/c1-3-5-15(14(4-2)19(26)27)23-17(25)11-10-16(24)22-13-8-6-12(7-9-13)18(20)21/h3,6-9,14-15H,1,4-5,10-11H2,2H3,(H3,20,21)(H,22,24)(H,23,25)(H,26,27). The number of carboxylic acids is 1. The third-order valence-electron chi connectivity index (χ3n) is 4.07. The second-order valence-corrected chi connectivity index (χ2v) is 6.09. The third-order valence-corrected chi connectivity index (χ3v) is 4.07. The molecule has 0 aliphatic rings. The van der Waals surface area contributed by atoms with Crippen LogP contribution in [-0.4, -0.2) is 34.8 Å². The Balaban J connectivity index is 2.54. The molecule has 8 nitrogen and oxygen atoms in total. The summed E-state index contributed by atoms with van der Waals surface area (Å²) in [6.45, 7) is 5.33. The Labute approximate surface area is 158 Å². The van der Waals surface area contributed by atoms with Crippen molar-refractivity contribution in [3.05, 3.63) is 42.5 Å². The summed E-state index contributed by atoms with van der Waals surface area (Å²) in [7, 11) is 0. The van der Waals surface area contributed by atoms with Crippen molar-refractivity contribution >= 4 is 29.3 Å². The highest BCUT2D eigenvalue weighted by Crippen LogP contribution is 2.14. The summed E-state index contributed by atoms with van der Waals surface area (Å²) >= 11 is 0. The Morgan fingerprint density at radius 2 is 1.81 bits per heavy atom. The number of nitrogens with two attached hydrogens (primary N) is 1. The van der Waals surface area contributed by atoms with E-state index in [0.717, 1.165) is 0 Å². The molecule has 0 heterocycles. The summed E-state index contributed by atoms with van der Waals surface area (Å²) in [6.07, 6.45) is 2.19. The molecule has 0 fully saturated rings. The van der Waals surface area contributed by atoms with Gasteiger partial charge >= 0.3 is 5.97 Å². The van der Waals surface area contributed by atoms with Crippen LogP contribution in [0.1, 0.15) is 38.2 Å². The second-order valence-electron chi connectivity index (χ2n) is 6.09. The number of hydrogen-bond donors (Lipinski definition) is 5. The van der Waals surface area contributed by atoms with Crippen LogP contribution in [0.3, 0.4) is 0 Å². The summed E-state index contributed by atoms with van der Waals surface area (Å²) in [5, 5.41) is 21.9. The largest absolute Gasteiger partial charge is 0.481 e. The Bertz CT molecular complexity index is 700. The van der Waals surface area contributed by atoms with Gasteiger partial charge in [0.25, 0.3) is 0 Å². The topological polar surface area (TPSA) is 145 Å². The average molecular weight is 374 g/mol. The Morgan fingerprint density at radius 3 is 2.30 bits per heavy atom. The molecule has 1 aromatic carbocycles. The fourth-order valence-corrected chi connectivity index (χ4v) is 2.60. The van der Waals surface area contributed by atoms with Crippen LogP contribution in [0.2, 0.25) is 0 Å². The van der Waals surface area contributed by atoms with Gasteiger partial charge in [0.1, 0.15) is 5.84 Å². The summed E-state index contributed by atoms with van der Waals surface area (Å²) < 4.78 is 0. The van der Waals surface area contributed by atoms with Gasteiger partial charge in [-0.05, 0) is 37.1 Å². The van der Waals surface area contributed by atoms with Crippen LogP contribution in [-0.2, 0) is 14.4 Å². The van der Waals surface area contributed by atoms with Gasteiger partial charge in [-0.15, -0.1) is 6.58 Å². The lowest BCUT2D eigenvalue weighted by molar-refractivity contribution is -0.143. The van der Waals surface area contributed by atoms with E-state index in [2.05, 4.69) is 17.2 Å². The first-order chi connectivity index (χ1) is 12.8. The fourth-order valence-electron chi connectivity index (χ4n) is 2.60. The lowest BCUT2D eigenvalue weighted by Gasteiger charge is -2.23. The summed E-state index contributed by atoms with van der Waals surface area (Å²) in [5.41, 5.74) is 6.45. The molecule has 1 rings (SSSR count). The van der Waals surface area contributed by atoms with E-state index in [0.29, 0.717) is 24.1 Å². The number of rotatable bonds is 11. The Kier molecular flexibility index (Phi) is 8.71. The number of nitrogens with one attached hydrogen (secondary N) is 3. The molecule has 1 aromatic rings. The van der Waals surface area contributed by atoms with Crippen molar-refractivity contribution in [2.75, 3.05) is 5.32 Å². The summed E-state index contributed by atoms with van der Waals surface area (Å²) in [5.74, 6) is -2.47. The molecule has 0 saturated heterocycles. The Morgan fingerprint density at radius 1 is 1.22 bits per heavy atom. The molecule has 27 heavy (non-hydrogen) atoms. The molecule has 0 spiro atoms. The third kappa shape index (κ3) is 7.31. The lowest BCUT2D eigenvalue weighted by Crippen LogP contribution is -2.43. The number of anilines is 1. The van der Waals surface area contributed by atoms with E-state index in [4.69, 9.17) is 11.1 Å². The van der Waals surface area contributed by atoms with Crippen LogP contribution in [0, 0.1) is 11.3 Å². The molecule has 0 radical (unpaired) electrons. The van der Waals surface area contributed by atoms with Crippen molar-refractivity contribution in [3.8, 4) is 0 Å². The molecule has 2 amide bonds. The monoisotopic (exact) mass is 374 g/mol. The van der Waals surface area contributed by atoms with Crippen LogP contribution in [0.25, 0.3) is 0 Å². The molecule has 0 aliphatic heterocycles. The minimum Gasteiger partial charge on any atom is -0.481 e. The quantitative estimate of drug-likeness (QED) is 0.228. The highest BCUT2D eigenvalue weighted by atomic mass is 16.4. The van der Waals surface area contributed by atoms with E-state index in [9.17, 15) is 19.5 Å². The number of nitrogen functional groups attached to an aromatic ring is 1. The van der Waals surface area contributed by atoms with Gasteiger partial charge in [0.05, 0.1) is 5.92 Å². The molecular weight excluding hydrogens is 348 g/mol. The van der Waals surface area contributed by atoms with E-state index in [1.807, 2.05) is 0 Å². The van der Waals surface area contributed by atoms with Gasteiger partial charge in [0, 0.05) is 30.1 Å². The van der Waals surface area contributed by atoms with E-state index in [1.54, 1.807) is 37.3 Å².